The molecular weight excluding hydrogens is 1150 g/mol. The molecule has 84 heavy (non-hydrogen) atoms. The highest BCUT2D eigenvalue weighted by molar-refractivity contribution is 7.53. The second-order valence-electron chi connectivity index (χ2n) is 22.1. The van der Waals surface area contributed by atoms with Gasteiger partial charge in [-0.2, -0.15) is 0 Å². The number of hydrogen-bond donors (Lipinski definition) is 12. The van der Waals surface area contributed by atoms with E-state index in [-0.39, 0.29) is 95.1 Å². The van der Waals surface area contributed by atoms with Crippen molar-refractivity contribution in [3.8, 4) is 0 Å². The fraction of sp³-hybridized carbons (Fsp3) is 0.885. The smallest absolute Gasteiger partial charge is 0.394 e. The summed E-state index contributed by atoms with van der Waals surface area (Å²) in [6.07, 6.45) is -6.85. The van der Waals surface area contributed by atoms with Crippen molar-refractivity contribution >= 4 is 50.9 Å². The molecule has 32 heteroatoms. The van der Waals surface area contributed by atoms with Gasteiger partial charge in [0.05, 0.1) is 56.8 Å². The van der Waals surface area contributed by atoms with Gasteiger partial charge in [0, 0.05) is 85.6 Å². The number of unbranched alkanes of at least 4 members (excludes halogenated alkanes) is 6. The third-order valence-electron chi connectivity index (χ3n) is 14.5. The zero-order chi connectivity index (χ0) is 62.1. The van der Waals surface area contributed by atoms with Gasteiger partial charge in [-0.05, 0) is 78.1 Å². The highest BCUT2D eigenvalue weighted by Gasteiger charge is 2.47. The average Bonchev–Trinajstić information content (AvgIpc) is 3.57. The molecule has 0 radical (unpaired) electrons. The molecule has 0 bridgehead atoms. The summed E-state index contributed by atoms with van der Waals surface area (Å²) in [7, 11) is -8.36. The first kappa shape index (κ1) is 73.1. The molecule has 0 aromatic carbocycles. The Morgan fingerprint density at radius 2 is 1.04 bits per heavy atom. The normalized spacial score (nSPS) is 29.5. The first-order chi connectivity index (χ1) is 39.7. The summed E-state index contributed by atoms with van der Waals surface area (Å²) in [6.45, 7) is 6.18. The van der Waals surface area contributed by atoms with E-state index in [2.05, 4.69) is 21.3 Å². The molecule has 0 spiro atoms. The molecule has 0 aromatic heterocycles. The van der Waals surface area contributed by atoms with Crippen molar-refractivity contribution in [2.75, 3.05) is 72.5 Å². The summed E-state index contributed by atoms with van der Waals surface area (Å²) < 4.78 is 70.9. The second-order valence-corrected chi connectivity index (χ2v) is 25.5. The summed E-state index contributed by atoms with van der Waals surface area (Å²) >= 11 is 0. The van der Waals surface area contributed by atoms with Crippen molar-refractivity contribution in [3.63, 3.8) is 0 Å². The molecule has 0 aliphatic carbocycles. The van der Waals surface area contributed by atoms with Gasteiger partial charge in [-0.25, -0.2) is 4.57 Å². The van der Waals surface area contributed by atoms with Crippen LogP contribution in [0.25, 0.3) is 0 Å². The summed E-state index contributed by atoms with van der Waals surface area (Å²) in [5.74, 6) is -1.95. The predicted molar refractivity (Wildman–Crippen MR) is 296 cm³/mol. The van der Waals surface area contributed by atoms with Crippen LogP contribution in [0.1, 0.15) is 130 Å². The number of β-amino-alcohol motifs (C(OH)–C–C–N with tert-alkyl or cyclic N) is 1. The van der Waals surface area contributed by atoms with Crippen LogP contribution in [0, 0.1) is 0 Å². The van der Waals surface area contributed by atoms with E-state index in [4.69, 9.17) is 37.0 Å². The number of phosphoric ester groups is 1. The second kappa shape index (κ2) is 36.8. The lowest BCUT2D eigenvalue weighted by atomic mass is 9.97. The molecular formula is C52H94N6O24P2. The van der Waals surface area contributed by atoms with Crippen molar-refractivity contribution in [1.82, 2.24) is 31.1 Å². The molecule has 0 saturated carbocycles. The van der Waals surface area contributed by atoms with Crippen molar-refractivity contribution in [3.05, 3.63) is 0 Å². The highest BCUT2D eigenvalue weighted by atomic mass is 31.2. The highest BCUT2D eigenvalue weighted by Crippen LogP contribution is 2.49. The van der Waals surface area contributed by atoms with Crippen molar-refractivity contribution in [1.29, 1.82) is 0 Å². The van der Waals surface area contributed by atoms with Gasteiger partial charge in [0.25, 0.3) is 0 Å². The number of carbonyl (C=O) groups excluding carboxylic acids is 6. The summed E-state index contributed by atoms with van der Waals surface area (Å²) in [5.41, 5.74) is 0. The van der Waals surface area contributed by atoms with Gasteiger partial charge < -0.3 is 99.7 Å². The molecule has 4 aliphatic rings. The van der Waals surface area contributed by atoms with Gasteiger partial charge in [0.2, 0.25) is 35.4 Å². The molecule has 16 atom stereocenters. The molecule has 4 saturated heterocycles. The SMILES string of the molecule is CC(=O)NC1C(OCCCCC(=O)NCCCCCC(=O)N2C[C@H](O)C[C@H]2COP(=O)(O)O[C@@H]2C[C@@H](COP(C)(=O)OC(C)C)N(C(=O)CCCCCNC(=O)CCCCOC3OC(CO)C(O)C(O)C3NC(C)=O)C2)OC(CO)C(O)C1O. The van der Waals surface area contributed by atoms with E-state index in [9.17, 15) is 78.5 Å². The number of likely N-dealkylation sites (tertiary alicyclic amines) is 2. The number of nitrogens with zero attached hydrogens (tertiary/aromatic N) is 2. The first-order valence-corrected chi connectivity index (χ1v) is 32.6. The van der Waals surface area contributed by atoms with Crippen LogP contribution < -0.4 is 21.3 Å². The zero-order valence-electron chi connectivity index (χ0n) is 48.9. The number of aliphatic hydroxyl groups excluding tert-OH is 7. The van der Waals surface area contributed by atoms with Crippen LogP contribution in [-0.2, 0) is 74.9 Å². The Kier molecular flexibility index (Phi) is 32.1. The minimum atomic E-state index is -4.81. The molecule has 0 aromatic rings. The Hall–Kier alpha value is -3.36. The van der Waals surface area contributed by atoms with Gasteiger partial charge in [-0.1, -0.05) is 12.8 Å². The molecule has 30 nitrogen and oxygen atoms in total. The molecule has 486 valence electrons. The lowest BCUT2D eigenvalue weighted by Crippen LogP contribution is -2.64. The van der Waals surface area contributed by atoms with Crippen molar-refractivity contribution in [2.45, 2.75) is 222 Å². The largest absolute Gasteiger partial charge is 0.472 e. The minimum Gasteiger partial charge on any atom is -0.394 e. The molecule has 4 fully saturated rings. The maximum atomic E-state index is 13.6. The quantitative estimate of drug-likeness (QED) is 0.0259. The average molecular weight is 1250 g/mol. The molecule has 6 amide bonds. The van der Waals surface area contributed by atoms with E-state index in [1.165, 1.54) is 30.3 Å². The van der Waals surface area contributed by atoms with Crippen LogP contribution in [0.5, 0.6) is 0 Å². The van der Waals surface area contributed by atoms with Crippen LogP contribution in [0.3, 0.4) is 0 Å². The maximum Gasteiger partial charge on any atom is 0.472 e. The van der Waals surface area contributed by atoms with Crippen LogP contribution in [0.4, 0.5) is 0 Å². The van der Waals surface area contributed by atoms with E-state index in [0.29, 0.717) is 77.3 Å². The van der Waals surface area contributed by atoms with E-state index >= 15 is 0 Å². The summed E-state index contributed by atoms with van der Waals surface area (Å²) in [5, 5.41) is 81.3. The van der Waals surface area contributed by atoms with Gasteiger partial charge in [0.15, 0.2) is 12.6 Å². The molecule has 4 rings (SSSR count). The molecule has 4 aliphatic heterocycles. The summed E-state index contributed by atoms with van der Waals surface area (Å²) in [4.78, 5) is 88.9. The lowest BCUT2D eigenvalue weighted by molar-refractivity contribution is -0.270. The molecule has 12 N–H and O–H groups in total. The standard InChI is InChI=1S/C52H94N6O24P2/c1-32(2)81-83(5,72)77-30-36-25-38(27-58(36)44(67)19-9-7-13-21-54-42(65)17-11-15-23-76-52-46(56-34(4)62)50(71)48(69)40(29-60)80-52)82-84(73,74)78-31-35-24-37(63)26-57(35)43(66)18-8-6-12-20-53-41(64)16-10-14-22-75-51-45(55-33(3)61)49(70)47(68)39(28-59)79-51/h32,35-40,45-52,59-60,63,68-71H,6-31H2,1-5H3,(H,53,64)(H,54,65)(H,55,61)(H,56,62)(H,73,74)/t35-,36-,37+,38+,39?,40?,45?,46?,47?,48?,49?,50?,51?,52?,83?/m0/s1. The van der Waals surface area contributed by atoms with Crippen LogP contribution in [0.2, 0.25) is 0 Å². The Bertz CT molecular complexity index is 2160. The van der Waals surface area contributed by atoms with Crippen LogP contribution >= 0.6 is 15.4 Å². The number of aliphatic hydroxyl groups is 7. The first-order valence-electron chi connectivity index (χ1n) is 29.1. The van der Waals surface area contributed by atoms with Crippen LogP contribution in [0.15, 0.2) is 0 Å². The van der Waals surface area contributed by atoms with Gasteiger partial charge in [-0.15, -0.1) is 0 Å². The number of amides is 6. The number of phosphoric acid groups is 1. The molecule has 4 heterocycles. The van der Waals surface area contributed by atoms with Gasteiger partial charge in [0.1, 0.15) is 48.7 Å². The molecule has 12 unspecified atom stereocenters. The van der Waals surface area contributed by atoms with E-state index in [1.807, 2.05) is 0 Å². The zero-order valence-corrected chi connectivity index (χ0v) is 50.7. The van der Waals surface area contributed by atoms with E-state index in [1.54, 1.807) is 13.8 Å². The van der Waals surface area contributed by atoms with E-state index in [0.717, 1.165) is 0 Å². The Morgan fingerprint density at radius 3 is 1.49 bits per heavy atom. The minimum absolute atomic E-state index is 0.00475. The third kappa shape index (κ3) is 25.4. The van der Waals surface area contributed by atoms with E-state index < -0.39 is 139 Å². The number of hydrogen-bond acceptors (Lipinski definition) is 23. The Balaban J connectivity index is 1.13. The van der Waals surface area contributed by atoms with Crippen molar-refractivity contribution in [2.24, 2.45) is 0 Å². The third-order valence-corrected chi connectivity index (χ3v) is 16.9. The fourth-order valence-electron chi connectivity index (χ4n) is 10.3. The number of nitrogens with one attached hydrogen (secondary N) is 4. The predicted octanol–water partition coefficient (Wildman–Crippen LogP) is -1.07. The Labute approximate surface area is 490 Å². The fourth-order valence-corrected chi connectivity index (χ4v) is 12.5. The van der Waals surface area contributed by atoms with Crippen LogP contribution in [-0.4, -0.2) is 250 Å². The number of ether oxygens (including phenoxy) is 4. The van der Waals surface area contributed by atoms with Gasteiger partial charge >= 0.3 is 15.4 Å². The lowest BCUT2D eigenvalue weighted by Gasteiger charge is -2.42. The number of rotatable bonds is 38. The maximum absolute atomic E-state index is 13.6. The summed E-state index contributed by atoms with van der Waals surface area (Å²) in [6, 6.07) is -3.58. The Morgan fingerprint density at radius 1 is 0.595 bits per heavy atom. The van der Waals surface area contributed by atoms with Crippen molar-refractivity contribution < 1.29 is 116 Å². The monoisotopic (exact) mass is 1250 g/mol. The number of carbonyl (C=O) groups is 6. The van der Waals surface area contributed by atoms with Gasteiger partial charge in [-0.3, -0.25) is 42.4 Å². The topological polar surface area (TPSA) is 427 Å².